The smallest absolute Gasteiger partial charge is 0.291 e. The van der Waals surface area contributed by atoms with Crippen LogP contribution < -0.4 is 26.0 Å². The number of carbonyl (C=O) groups excluding carboxylic acids is 2. The molecule has 5 rings (SSSR count). The Balaban J connectivity index is 1.34. The molecule has 2 amide bonds. The van der Waals surface area contributed by atoms with Gasteiger partial charge in [0.2, 0.25) is 11.8 Å². The zero-order valence-corrected chi connectivity index (χ0v) is 26.2. The Morgan fingerprint density at radius 2 is 2.00 bits per heavy atom. The predicted molar refractivity (Wildman–Crippen MR) is 172 cm³/mol. The lowest BCUT2D eigenvalue weighted by Crippen LogP contribution is -2.35. The number of benzene rings is 1. The molecule has 1 saturated heterocycles. The summed E-state index contributed by atoms with van der Waals surface area (Å²) >= 11 is 6.97. The third-order valence-electron chi connectivity index (χ3n) is 7.81. The highest BCUT2D eigenvalue weighted by atomic mass is 35.5. The van der Waals surface area contributed by atoms with Gasteiger partial charge in [-0.25, -0.2) is 9.97 Å². The molecule has 0 spiro atoms. The van der Waals surface area contributed by atoms with Gasteiger partial charge in [-0.1, -0.05) is 29.8 Å². The number of aliphatic hydroxyl groups is 1. The quantitative estimate of drug-likeness (QED) is 0.140. The van der Waals surface area contributed by atoms with Crippen LogP contribution in [0, 0.1) is 6.92 Å². The van der Waals surface area contributed by atoms with Gasteiger partial charge < -0.3 is 35.7 Å². The van der Waals surface area contributed by atoms with Crippen molar-refractivity contribution in [3.05, 3.63) is 76.5 Å². The summed E-state index contributed by atoms with van der Waals surface area (Å²) in [5.41, 5.74) is 5.75. The number of nitrogens with zero attached hydrogens (tertiary/aromatic N) is 4. The van der Waals surface area contributed by atoms with Crippen molar-refractivity contribution in [3.63, 3.8) is 0 Å². The Labute approximate surface area is 266 Å². The highest BCUT2D eigenvalue weighted by Gasteiger charge is 2.21. The zero-order chi connectivity index (χ0) is 31.9. The Morgan fingerprint density at radius 1 is 1.16 bits per heavy atom. The van der Waals surface area contributed by atoms with Crippen molar-refractivity contribution in [2.45, 2.75) is 38.9 Å². The summed E-state index contributed by atoms with van der Waals surface area (Å²) in [6.45, 7) is 4.07. The van der Waals surface area contributed by atoms with Gasteiger partial charge in [-0.05, 0) is 37.1 Å². The number of hydrogen-bond donors (Lipinski definition) is 5. The summed E-state index contributed by atoms with van der Waals surface area (Å²) in [5.74, 6) is 0.487. The van der Waals surface area contributed by atoms with E-state index in [2.05, 4.69) is 31.2 Å². The van der Waals surface area contributed by atoms with E-state index < -0.39 is 0 Å². The number of aliphatic hydroxyl groups excluding tert-OH is 1. The molecular weight excluding hydrogens is 596 g/mol. The molecule has 4 aromatic rings. The largest absolute Gasteiger partial charge is 0.481 e. The van der Waals surface area contributed by atoms with E-state index in [0.717, 1.165) is 28.8 Å². The second-order valence-corrected chi connectivity index (χ2v) is 11.2. The second-order valence-electron chi connectivity index (χ2n) is 10.8. The van der Waals surface area contributed by atoms with Crippen molar-refractivity contribution in [2.24, 2.45) is 7.05 Å². The molecule has 0 aliphatic carbocycles. The molecule has 4 heterocycles. The molecule has 236 valence electrons. The van der Waals surface area contributed by atoms with Crippen molar-refractivity contribution in [1.82, 2.24) is 35.5 Å². The number of amides is 2. The van der Waals surface area contributed by atoms with Gasteiger partial charge in [0.25, 0.3) is 5.91 Å². The normalized spacial score (nSPS) is 14.4. The van der Waals surface area contributed by atoms with Gasteiger partial charge in [0.05, 0.1) is 42.0 Å². The lowest BCUT2D eigenvalue weighted by Gasteiger charge is -2.16. The van der Waals surface area contributed by atoms with E-state index in [4.69, 9.17) is 26.4 Å². The summed E-state index contributed by atoms with van der Waals surface area (Å²) in [6, 6.07) is 11.4. The van der Waals surface area contributed by atoms with E-state index in [1.165, 1.54) is 0 Å². The van der Waals surface area contributed by atoms with Gasteiger partial charge in [-0.2, -0.15) is 0 Å². The van der Waals surface area contributed by atoms with Crippen molar-refractivity contribution in [2.75, 3.05) is 32.1 Å². The number of rotatable bonds is 13. The van der Waals surface area contributed by atoms with Crippen LogP contribution in [0.4, 0.5) is 5.69 Å². The van der Waals surface area contributed by atoms with Crippen LogP contribution in [0.5, 0.6) is 5.88 Å². The lowest BCUT2D eigenvalue weighted by atomic mass is 10.0. The van der Waals surface area contributed by atoms with Crippen LogP contribution in [0.1, 0.15) is 40.3 Å². The third-order valence-corrected chi connectivity index (χ3v) is 8.19. The summed E-state index contributed by atoms with van der Waals surface area (Å²) in [6.07, 6.45) is 4.71. The SMILES string of the molecule is COc1nc(-c2ccnc(-c3cccc(NC(=O)c4ncc(CNCCO)n4C)c3C)c2Cl)ccc1CNCC1CCC(=O)N1. The molecule has 12 nitrogen and oxygen atoms in total. The minimum atomic E-state index is -0.349. The minimum absolute atomic E-state index is 0.0292. The number of hydrogen-bond acceptors (Lipinski definition) is 9. The minimum Gasteiger partial charge on any atom is -0.481 e. The molecule has 13 heteroatoms. The lowest BCUT2D eigenvalue weighted by molar-refractivity contribution is -0.119. The highest BCUT2D eigenvalue weighted by molar-refractivity contribution is 6.35. The number of aromatic nitrogens is 4. The molecule has 1 fully saturated rings. The number of anilines is 1. The Hall–Kier alpha value is -4.36. The van der Waals surface area contributed by atoms with Gasteiger partial charge in [-0.15, -0.1) is 0 Å². The van der Waals surface area contributed by atoms with Gasteiger partial charge in [0, 0.05) is 74.3 Å². The first kappa shape index (κ1) is 32.0. The topological polar surface area (TPSA) is 155 Å². The second kappa shape index (κ2) is 14.6. The van der Waals surface area contributed by atoms with E-state index >= 15 is 0 Å². The first-order chi connectivity index (χ1) is 21.8. The molecule has 5 N–H and O–H groups in total. The van der Waals surface area contributed by atoms with Gasteiger partial charge in [0.15, 0.2) is 5.82 Å². The molecule has 45 heavy (non-hydrogen) atoms. The fraction of sp³-hybridized carbons (Fsp3) is 0.344. The van der Waals surface area contributed by atoms with Crippen LogP contribution >= 0.6 is 11.6 Å². The molecule has 1 unspecified atom stereocenters. The molecule has 1 aliphatic rings. The van der Waals surface area contributed by atoms with E-state index in [1.807, 2.05) is 43.3 Å². The van der Waals surface area contributed by atoms with E-state index in [0.29, 0.717) is 66.1 Å². The van der Waals surface area contributed by atoms with Crippen LogP contribution in [0.3, 0.4) is 0 Å². The van der Waals surface area contributed by atoms with Crippen LogP contribution in [0.15, 0.2) is 48.8 Å². The average Bonchev–Trinajstić information content (AvgIpc) is 3.63. The average molecular weight is 633 g/mol. The van der Waals surface area contributed by atoms with Crippen molar-refractivity contribution >= 4 is 29.1 Å². The molecular formula is C32H37ClN8O4. The number of carbonyl (C=O) groups is 2. The van der Waals surface area contributed by atoms with Gasteiger partial charge >= 0.3 is 0 Å². The first-order valence-corrected chi connectivity index (χ1v) is 15.1. The van der Waals surface area contributed by atoms with Crippen molar-refractivity contribution < 1.29 is 19.4 Å². The number of nitrogens with one attached hydrogen (secondary N) is 4. The molecule has 1 atom stereocenters. The molecule has 1 aromatic carbocycles. The van der Waals surface area contributed by atoms with Crippen LogP contribution in [0.25, 0.3) is 22.5 Å². The number of ether oxygens (including phenoxy) is 1. The summed E-state index contributed by atoms with van der Waals surface area (Å²) in [7, 11) is 3.36. The number of imidazole rings is 1. The standard InChI is InChI=1S/C32H37ClN8O4/c1-19-23(5-4-6-25(19)39-31(44)30-37-18-22(41(30)2)17-34-13-14-42)29-28(33)24(11-12-36-29)26-9-7-20(32(40-26)45-3)15-35-16-21-8-10-27(43)38-21/h4-7,9,11-12,18,21,34-35,42H,8,10,13-17H2,1-3H3,(H,38,43)(H,39,44). The Bertz CT molecular complexity index is 1690. The number of halogens is 1. The molecule has 1 aliphatic heterocycles. The first-order valence-electron chi connectivity index (χ1n) is 14.7. The number of pyridine rings is 2. The molecule has 0 radical (unpaired) electrons. The van der Waals surface area contributed by atoms with E-state index in [1.54, 1.807) is 31.1 Å². The summed E-state index contributed by atoms with van der Waals surface area (Å²) < 4.78 is 7.32. The molecule has 0 bridgehead atoms. The maximum Gasteiger partial charge on any atom is 0.291 e. The zero-order valence-electron chi connectivity index (χ0n) is 25.5. The third kappa shape index (κ3) is 7.31. The van der Waals surface area contributed by atoms with Gasteiger partial charge in [-0.3, -0.25) is 14.6 Å². The monoisotopic (exact) mass is 632 g/mol. The van der Waals surface area contributed by atoms with Crippen LogP contribution in [-0.4, -0.2) is 69.3 Å². The molecule has 0 saturated carbocycles. The van der Waals surface area contributed by atoms with Crippen molar-refractivity contribution in [3.8, 4) is 28.4 Å². The van der Waals surface area contributed by atoms with Crippen LogP contribution in [0.2, 0.25) is 5.02 Å². The fourth-order valence-electron chi connectivity index (χ4n) is 5.29. The fourth-order valence-corrected chi connectivity index (χ4v) is 5.60. The van der Waals surface area contributed by atoms with Crippen molar-refractivity contribution in [1.29, 1.82) is 0 Å². The summed E-state index contributed by atoms with van der Waals surface area (Å²) in [5, 5.41) is 21.8. The van der Waals surface area contributed by atoms with Crippen LogP contribution in [-0.2, 0) is 24.9 Å². The van der Waals surface area contributed by atoms with Gasteiger partial charge in [0.1, 0.15) is 0 Å². The van der Waals surface area contributed by atoms with E-state index in [-0.39, 0.29) is 30.3 Å². The molecule has 3 aromatic heterocycles. The predicted octanol–water partition coefficient (Wildman–Crippen LogP) is 3.22. The number of methoxy groups -OCH3 is 1. The Kier molecular flexibility index (Phi) is 10.4. The summed E-state index contributed by atoms with van der Waals surface area (Å²) in [4.78, 5) is 38.3. The Morgan fingerprint density at radius 3 is 2.76 bits per heavy atom. The highest BCUT2D eigenvalue weighted by Crippen LogP contribution is 2.38. The maximum absolute atomic E-state index is 13.2. The maximum atomic E-state index is 13.2. The van der Waals surface area contributed by atoms with E-state index in [9.17, 15) is 9.59 Å².